The van der Waals surface area contributed by atoms with Crippen LogP contribution in [0.2, 0.25) is 0 Å². The summed E-state index contributed by atoms with van der Waals surface area (Å²) in [6.45, 7) is 5.30. The van der Waals surface area contributed by atoms with E-state index in [2.05, 4.69) is 37.0 Å². The second-order valence-electron chi connectivity index (χ2n) is 4.15. The first-order valence-electron chi connectivity index (χ1n) is 5.58. The molecule has 16 heavy (non-hydrogen) atoms. The average molecular weight is 235 g/mol. The first kappa shape index (κ1) is 11.5. The third-order valence-electron chi connectivity index (χ3n) is 2.69. The van der Waals surface area contributed by atoms with Gasteiger partial charge in [-0.3, -0.25) is 4.99 Å². The second kappa shape index (κ2) is 4.91. The van der Waals surface area contributed by atoms with Gasteiger partial charge in [-0.1, -0.05) is 26.0 Å². The van der Waals surface area contributed by atoms with Crippen LogP contribution >= 0.6 is 11.8 Å². The molecular formula is C13H17NOS. The quantitative estimate of drug-likeness (QED) is 0.801. The van der Waals surface area contributed by atoms with Crippen molar-refractivity contribution in [3.63, 3.8) is 0 Å². The minimum atomic E-state index is 0.488. The molecule has 1 aromatic rings. The summed E-state index contributed by atoms with van der Waals surface area (Å²) in [5.41, 5.74) is 2.44. The lowest BCUT2D eigenvalue weighted by atomic mass is 10.0. The van der Waals surface area contributed by atoms with Crippen LogP contribution in [0, 0.1) is 0 Å². The molecule has 0 amide bonds. The van der Waals surface area contributed by atoms with Gasteiger partial charge in [0.15, 0.2) is 0 Å². The number of hydrogen-bond acceptors (Lipinski definition) is 3. The highest BCUT2D eigenvalue weighted by Gasteiger charge is 2.13. The lowest BCUT2D eigenvalue weighted by molar-refractivity contribution is 0.407. The van der Waals surface area contributed by atoms with Gasteiger partial charge in [0.25, 0.3) is 0 Å². The van der Waals surface area contributed by atoms with Crippen molar-refractivity contribution in [3.05, 3.63) is 29.3 Å². The lowest BCUT2D eigenvalue weighted by Crippen LogP contribution is -1.98. The molecule has 1 aromatic carbocycles. The Balaban J connectivity index is 2.36. The van der Waals surface area contributed by atoms with Gasteiger partial charge in [-0.15, -0.1) is 11.8 Å². The highest BCUT2D eigenvalue weighted by atomic mass is 32.2. The van der Waals surface area contributed by atoms with E-state index in [-0.39, 0.29) is 0 Å². The van der Waals surface area contributed by atoms with Crippen molar-refractivity contribution in [2.45, 2.75) is 19.8 Å². The molecule has 1 heterocycles. The molecule has 1 aliphatic rings. The van der Waals surface area contributed by atoms with E-state index in [4.69, 9.17) is 4.74 Å². The van der Waals surface area contributed by atoms with Gasteiger partial charge in [0.1, 0.15) is 5.75 Å². The first-order valence-corrected chi connectivity index (χ1v) is 6.56. The summed E-state index contributed by atoms with van der Waals surface area (Å²) in [6, 6.07) is 6.40. The van der Waals surface area contributed by atoms with Crippen molar-refractivity contribution >= 4 is 16.8 Å². The summed E-state index contributed by atoms with van der Waals surface area (Å²) < 4.78 is 5.44. The van der Waals surface area contributed by atoms with E-state index < -0.39 is 0 Å². The second-order valence-corrected chi connectivity index (χ2v) is 5.23. The summed E-state index contributed by atoms with van der Waals surface area (Å²) in [7, 11) is 1.73. The molecule has 0 saturated heterocycles. The number of thioether (sulfide) groups is 1. The molecule has 0 aromatic heterocycles. The van der Waals surface area contributed by atoms with E-state index in [1.54, 1.807) is 7.11 Å². The summed E-state index contributed by atoms with van der Waals surface area (Å²) >= 11 is 1.82. The fourth-order valence-corrected chi connectivity index (χ4v) is 2.68. The maximum absolute atomic E-state index is 5.44. The van der Waals surface area contributed by atoms with E-state index in [0.717, 1.165) is 23.1 Å². The van der Waals surface area contributed by atoms with Crippen LogP contribution in [-0.4, -0.2) is 24.5 Å². The lowest BCUT2D eigenvalue weighted by Gasteiger charge is -2.13. The van der Waals surface area contributed by atoms with Gasteiger partial charge in [-0.2, -0.15) is 0 Å². The molecule has 0 bridgehead atoms. The Bertz CT molecular complexity index is 412. The van der Waals surface area contributed by atoms with Crippen LogP contribution in [0.25, 0.3) is 0 Å². The van der Waals surface area contributed by atoms with Crippen molar-refractivity contribution in [1.82, 2.24) is 0 Å². The summed E-state index contributed by atoms with van der Waals surface area (Å²) in [4.78, 5) is 4.48. The van der Waals surface area contributed by atoms with Gasteiger partial charge in [-0.25, -0.2) is 0 Å². The smallest absolute Gasteiger partial charge is 0.123 e. The van der Waals surface area contributed by atoms with Crippen molar-refractivity contribution in [1.29, 1.82) is 0 Å². The SMILES string of the molecule is COc1cc(C2=NCCS2)ccc1C(C)C. The molecule has 0 radical (unpaired) electrons. The zero-order valence-corrected chi connectivity index (χ0v) is 10.8. The topological polar surface area (TPSA) is 21.6 Å². The minimum Gasteiger partial charge on any atom is -0.496 e. The molecule has 0 saturated carbocycles. The van der Waals surface area contributed by atoms with Crippen molar-refractivity contribution in [2.24, 2.45) is 4.99 Å². The molecule has 0 atom stereocenters. The molecule has 0 unspecified atom stereocenters. The zero-order chi connectivity index (χ0) is 11.5. The number of nitrogens with zero attached hydrogens (tertiary/aromatic N) is 1. The van der Waals surface area contributed by atoms with Crippen LogP contribution in [0.15, 0.2) is 23.2 Å². The summed E-state index contributed by atoms with van der Waals surface area (Å²) in [5.74, 6) is 2.56. The van der Waals surface area contributed by atoms with Crippen molar-refractivity contribution < 1.29 is 4.74 Å². The van der Waals surface area contributed by atoms with E-state index in [1.807, 2.05) is 11.8 Å². The van der Waals surface area contributed by atoms with Gasteiger partial charge < -0.3 is 4.74 Å². The average Bonchev–Trinajstić information content (AvgIpc) is 2.81. The van der Waals surface area contributed by atoms with E-state index in [1.165, 1.54) is 11.1 Å². The monoisotopic (exact) mass is 235 g/mol. The molecule has 86 valence electrons. The van der Waals surface area contributed by atoms with Gasteiger partial charge in [-0.05, 0) is 17.5 Å². The molecule has 1 aliphatic heterocycles. The standard InChI is InChI=1S/C13H17NOS/c1-9(2)11-5-4-10(8-12(11)15-3)13-14-6-7-16-13/h4-5,8-9H,6-7H2,1-3H3. The van der Waals surface area contributed by atoms with Crippen LogP contribution in [0.5, 0.6) is 5.75 Å². The maximum Gasteiger partial charge on any atom is 0.123 e. The van der Waals surface area contributed by atoms with Crippen LogP contribution in [0.4, 0.5) is 0 Å². The van der Waals surface area contributed by atoms with Crippen LogP contribution in [0.1, 0.15) is 30.9 Å². The number of hydrogen-bond donors (Lipinski definition) is 0. The fraction of sp³-hybridized carbons (Fsp3) is 0.462. The van der Waals surface area contributed by atoms with Gasteiger partial charge in [0.2, 0.25) is 0 Å². The Labute approximate surface area is 101 Å². The van der Waals surface area contributed by atoms with Gasteiger partial charge >= 0.3 is 0 Å². The number of methoxy groups -OCH3 is 1. The number of benzene rings is 1. The number of aliphatic imine (C=N–C) groups is 1. The Morgan fingerprint density at radius 1 is 1.38 bits per heavy atom. The van der Waals surface area contributed by atoms with Gasteiger partial charge in [0, 0.05) is 17.9 Å². The molecule has 3 heteroatoms. The van der Waals surface area contributed by atoms with E-state index >= 15 is 0 Å². The largest absolute Gasteiger partial charge is 0.496 e. The number of rotatable bonds is 3. The molecule has 0 fully saturated rings. The highest BCUT2D eigenvalue weighted by Crippen LogP contribution is 2.29. The van der Waals surface area contributed by atoms with Crippen LogP contribution < -0.4 is 4.74 Å². The summed E-state index contributed by atoms with van der Waals surface area (Å²) in [6.07, 6.45) is 0. The third-order valence-corrected chi connectivity index (χ3v) is 3.71. The minimum absolute atomic E-state index is 0.488. The number of ether oxygens (including phenoxy) is 1. The Morgan fingerprint density at radius 3 is 2.75 bits per heavy atom. The van der Waals surface area contributed by atoms with Crippen LogP contribution in [0.3, 0.4) is 0 Å². The molecule has 0 spiro atoms. The predicted octanol–water partition coefficient (Wildman–Crippen LogP) is 3.31. The first-order chi connectivity index (χ1) is 7.72. The summed E-state index contributed by atoms with van der Waals surface area (Å²) in [5, 5.41) is 1.15. The van der Waals surface area contributed by atoms with Crippen molar-refractivity contribution in [2.75, 3.05) is 19.4 Å². The molecule has 0 aliphatic carbocycles. The molecule has 2 nitrogen and oxygen atoms in total. The molecule has 2 rings (SSSR count). The molecule has 0 N–H and O–H groups in total. The van der Waals surface area contributed by atoms with Gasteiger partial charge in [0.05, 0.1) is 12.2 Å². The Kier molecular flexibility index (Phi) is 3.54. The van der Waals surface area contributed by atoms with Crippen molar-refractivity contribution in [3.8, 4) is 5.75 Å². The maximum atomic E-state index is 5.44. The Hall–Kier alpha value is -0.960. The third kappa shape index (κ3) is 2.24. The predicted molar refractivity (Wildman–Crippen MR) is 70.9 cm³/mol. The van der Waals surface area contributed by atoms with E-state index in [9.17, 15) is 0 Å². The van der Waals surface area contributed by atoms with E-state index in [0.29, 0.717) is 5.92 Å². The normalized spacial score (nSPS) is 15.4. The Morgan fingerprint density at radius 2 is 2.19 bits per heavy atom. The van der Waals surface area contributed by atoms with Crippen LogP contribution in [-0.2, 0) is 0 Å². The molecular weight excluding hydrogens is 218 g/mol. The fourth-order valence-electron chi connectivity index (χ4n) is 1.83. The zero-order valence-electron chi connectivity index (χ0n) is 9.99. The highest BCUT2D eigenvalue weighted by molar-refractivity contribution is 8.14.